The summed E-state index contributed by atoms with van der Waals surface area (Å²) in [5.74, 6) is 0.292. The van der Waals surface area contributed by atoms with Crippen molar-refractivity contribution in [1.82, 2.24) is 4.90 Å². The maximum absolute atomic E-state index is 10.5. The Morgan fingerprint density at radius 1 is 1.50 bits per heavy atom. The van der Waals surface area contributed by atoms with Crippen LogP contribution < -0.4 is 0 Å². The standard InChI is InChI=1S/C5H9NO.C2H4.FH/c1-6-4-2-3-5(6)7;1-2;/h2-4H2,1H3;1-2H2;1H. The number of hydrogen-bond acceptors (Lipinski definition) is 1. The molecule has 1 aliphatic rings. The van der Waals surface area contributed by atoms with Crippen LogP contribution in [0.4, 0.5) is 4.70 Å². The quantitative estimate of drug-likeness (QED) is 0.471. The fourth-order valence-electron chi connectivity index (χ4n) is 0.783. The van der Waals surface area contributed by atoms with Crippen LogP contribution in [-0.2, 0) is 4.79 Å². The van der Waals surface area contributed by atoms with Crippen LogP contribution in [0.3, 0.4) is 0 Å². The molecular formula is C7H14FNO. The molecule has 0 N–H and O–H groups in total. The van der Waals surface area contributed by atoms with E-state index in [1.807, 2.05) is 7.05 Å². The van der Waals surface area contributed by atoms with E-state index in [2.05, 4.69) is 13.2 Å². The monoisotopic (exact) mass is 147 g/mol. The van der Waals surface area contributed by atoms with Gasteiger partial charge in [-0.05, 0) is 6.42 Å². The third-order valence-electron chi connectivity index (χ3n) is 1.31. The van der Waals surface area contributed by atoms with Crippen molar-refractivity contribution in [2.45, 2.75) is 12.8 Å². The highest BCUT2D eigenvalue weighted by atomic mass is 19.0. The summed E-state index contributed by atoms with van der Waals surface area (Å²) in [5.41, 5.74) is 0. The molecule has 1 saturated heterocycles. The van der Waals surface area contributed by atoms with Gasteiger partial charge in [0.25, 0.3) is 0 Å². The van der Waals surface area contributed by atoms with E-state index >= 15 is 0 Å². The smallest absolute Gasteiger partial charge is 0.222 e. The van der Waals surface area contributed by atoms with Crippen molar-refractivity contribution in [1.29, 1.82) is 0 Å². The van der Waals surface area contributed by atoms with Gasteiger partial charge in [-0.2, -0.15) is 0 Å². The first-order valence-electron chi connectivity index (χ1n) is 3.04. The van der Waals surface area contributed by atoms with Gasteiger partial charge in [0.1, 0.15) is 0 Å². The molecule has 60 valence electrons. The van der Waals surface area contributed by atoms with E-state index < -0.39 is 0 Å². The number of halogens is 1. The fourth-order valence-corrected chi connectivity index (χ4v) is 0.783. The van der Waals surface area contributed by atoms with E-state index in [4.69, 9.17) is 0 Å². The number of hydrogen-bond donors (Lipinski definition) is 0. The van der Waals surface area contributed by atoms with Crippen LogP contribution in [0, 0.1) is 0 Å². The average Bonchev–Trinajstić information content (AvgIpc) is 2.23. The normalized spacial score (nSPS) is 15.3. The molecule has 3 heteroatoms. The zero-order valence-corrected chi connectivity index (χ0v) is 6.30. The van der Waals surface area contributed by atoms with Crippen LogP contribution in [0.1, 0.15) is 12.8 Å². The van der Waals surface area contributed by atoms with Crippen molar-refractivity contribution < 1.29 is 9.50 Å². The zero-order chi connectivity index (χ0) is 7.28. The van der Waals surface area contributed by atoms with Gasteiger partial charge in [-0.1, -0.05) is 0 Å². The number of likely N-dealkylation sites (tertiary alicyclic amines) is 1. The van der Waals surface area contributed by atoms with E-state index in [1.54, 1.807) is 4.90 Å². The topological polar surface area (TPSA) is 20.3 Å². The van der Waals surface area contributed by atoms with Crippen LogP contribution in [0.15, 0.2) is 13.2 Å². The molecule has 0 saturated carbocycles. The summed E-state index contributed by atoms with van der Waals surface area (Å²) in [6.07, 6.45) is 1.81. The highest BCUT2D eigenvalue weighted by Gasteiger charge is 2.14. The van der Waals surface area contributed by atoms with Gasteiger partial charge in [-0.25, -0.2) is 0 Å². The Balaban J connectivity index is 0. The van der Waals surface area contributed by atoms with Crippen molar-refractivity contribution in [2.75, 3.05) is 13.6 Å². The molecule has 0 unspecified atom stereocenters. The summed E-state index contributed by atoms with van der Waals surface area (Å²) >= 11 is 0. The summed E-state index contributed by atoms with van der Waals surface area (Å²) in [5, 5.41) is 0. The third kappa shape index (κ3) is 3.22. The lowest BCUT2D eigenvalue weighted by Gasteiger charge is -2.03. The molecule has 0 atom stereocenters. The molecular weight excluding hydrogens is 133 g/mol. The number of nitrogens with zero attached hydrogens (tertiary/aromatic N) is 1. The molecule has 0 aliphatic carbocycles. The molecule has 0 radical (unpaired) electrons. The first-order valence-corrected chi connectivity index (χ1v) is 3.04. The molecule has 1 fully saturated rings. The Morgan fingerprint density at radius 2 is 2.00 bits per heavy atom. The zero-order valence-electron chi connectivity index (χ0n) is 6.30. The minimum atomic E-state index is 0. The SMILES string of the molecule is C=C.CN1CCCC1=O.F. The van der Waals surface area contributed by atoms with Crippen molar-refractivity contribution in [3.05, 3.63) is 13.2 Å². The second-order valence-electron chi connectivity index (χ2n) is 1.92. The fraction of sp³-hybridized carbons (Fsp3) is 0.571. The molecule has 0 aromatic heterocycles. The highest BCUT2D eigenvalue weighted by Crippen LogP contribution is 2.04. The minimum absolute atomic E-state index is 0. The molecule has 10 heavy (non-hydrogen) atoms. The molecule has 1 amide bonds. The Hall–Kier alpha value is -0.860. The number of rotatable bonds is 0. The predicted octanol–water partition coefficient (Wildman–Crippen LogP) is 1.19. The average molecular weight is 147 g/mol. The van der Waals surface area contributed by atoms with Crippen molar-refractivity contribution in [3.63, 3.8) is 0 Å². The van der Waals surface area contributed by atoms with Gasteiger partial charge in [-0.3, -0.25) is 9.50 Å². The maximum atomic E-state index is 10.5. The molecule has 0 spiro atoms. The molecule has 1 rings (SSSR count). The highest BCUT2D eigenvalue weighted by molar-refractivity contribution is 5.77. The first kappa shape index (κ1) is 11.9. The molecule has 2 nitrogen and oxygen atoms in total. The van der Waals surface area contributed by atoms with Gasteiger partial charge in [0.15, 0.2) is 0 Å². The number of carbonyl (C=O) groups excluding carboxylic acids is 1. The lowest BCUT2D eigenvalue weighted by molar-refractivity contribution is -0.126. The summed E-state index contributed by atoms with van der Waals surface area (Å²) in [7, 11) is 1.84. The molecule has 0 bridgehead atoms. The van der Waals surface area contributed by atoms with Gasteiger partial charge in [0.2, 0.25) is 5.91 Å². The van der Waals surface area contributed by atoms with E-state index in [0.717, 1.165) is 19.4 Å². The lowest BCUT2D eigenvalue weighted by atomic mass is 10.4. The Labute approximate surface area is 60.9 Å². The summed E-state index contributed by atoms with van der Waals surface area (Å²) in [4.78, 5) is 12.3. The van der Waals surface area contributed by atoms with E-state index in [9.17, 15) is 4.79 Å². The van der Waals surface area contributed by atoms with E-state index in [0.29, 0.717) is 5.91 Å². The predicted molar refractivity (Wildman–Crippen MR) is 40.6 cm³/mol. The number of carbonyl (C=O) groups is 1. The molecule has 0 aromatic rings. The van der Waals surface area contributed by atoms with Crippen LogP contribution >= 0.6 is 0 Å². The Morgan fingerprint density at radius 3 is 2.10 bits per heavy atom. The molecule has 1 aliphatic heterocycles. The van der Waals surface area contributed by atoms with Gasteiger partial charge < -0.3 is 4.90 Å². The second-order valence-corrected chi connectivity index (χ2v) is 1.92. The molecule has 0 aromatic carbocycles. The van der Waals surface area contributed by atoms with Crippen molar-refractivity contribution in [3.8, 4) is 0 Å². The van der Waals surface area contributed by atoms with E-state index in [-0.39, 0.29) is 4.70 Å². The minimum Gasteiger partial charge on any atom is -0.346 e. The van der Waals surface area contributed by atoms with Crippen LogP contribution in [0.5, 0.6) is 0 Å². The van der Waals surface area contributed by atoms with E-state index in [1.165, 1.54) is 0 Å². The van der Waals surface area contributed by atoms with Crippen molar-refractivity contribution >= 4 is 5.91 Å². The Kier molecular flexibility index (Phi) is 7.44. The van der Waals surface area contributed by atoms with Crippen LogP contribution in [0.25, 0.3) is 0 Å². The van der Waals surface area contributed by atoms with Crippen molar-refractivity contribution in [2.24, 2.45) is 0 Å². The maximum Gasteiger partial charge on any atom is 0.222 e. The molecule has 1 heterocycles. The Bertz CT molecular complexity index is 106. The third-order valence-corrected chi connectivity index (χ3v) is 1.31. The van der Waals surface area contributed by atoms with Crippen LogP contribution in [-0.4, -0.2) is 24.4 Å². The number of amides is 1. The van der Waals surface area contributed by atoms with Gasteiger partial charge in [0.05, 0.1) is 0 Å². The summed E-state index contributed by atoms with van der Waals surface area (Å²) < 4.78 is 0. The van der Waals surface area contributed by atoms with Gasteiger partial charge >= 0.3 is 0 Å². The van der Waals surface area contributed by atoms with Gasteiger partial charge in [-0.15, -0.1) is 13.2 Å². The summed E-state index contributed by atoms with van der Waals surface area (Å²) in [6.45, 7) is 6.96. The second kappa shape index (κ2) is 6.26. The first-order chi connectivity index (χ1) is 4.30. The van der Waals surface area contributed by atoms with Crippen LogP contribution in [0.2, 0.25) is 0 Å². The summed E-state index contributed by atoms with van der Waals surface area (Å²) in [6, 6.07) is 0. The lowest BCUT2D eigenvalue weighted by Crippen LogP contribution is -2.17. The largest absolute Gasteiger partial charge is 0.346 e. The van der Waals surface area contributed by atoms with Gasteiger partial charge in [0, 0.05) is 20.0 Å².